The van der Waals surface area contributed by atoms with Gasteiger partial charge in [0.15, 0.2) is 5.78 Å². The standard InChI is InChI=1S/C19H24ClNO4/c1-4-5-13(2)19(23)21-8-9-24-16(11-21)12-25-18-7-6-15(20)10-17(18)14(3)22/h5-7,10,16H,4,8-9,11-12H2,1-3H3/b13-5+. The Morgan fingerprint density at radius 3 is 2.84 bits per heavy atom. The van der Waals surface area contributed by atoms with Gasteiger partial charge in [0.1, 0.15) is 18.5 Å². The third kappa shape index (κ3) is 5.31. The van der Waals surface area contributed by atoms with E-state index < -0.39 is 0 Å². The largest absolute Gasteiger partial charge is 0.490 e. The molecular weight excluding hydrogens is 342 g/mol. The number of ether oxygens (including phenoxy) is 2. The number of morpholine rings is 1. The van der Waals surface area contributed by atoms with Crippen LogP contribution in [0.5, 0.6) is 5.75 Å². The zero-order valence-corrected chi connectivity index (χ0v) is 15.6. The lowest BCUT2D eigenvalue weighted by Crippen LogP contribution is -2.47. The molecular formula is C19H24ClNO4. The second-order valence-corrected chi connectivity index (χ2v) is 6.48. The number of nitrogens with zero attached hydrogens (tertiary/aromatic N) is 1. The van der Waals surface area contributed by atoms with Crippen molar-refractivity contribution in [1.29, 1.82) is 0 Å². The molecule has 1 atom stereocenters. The van der Waals surface area contributed by atoms with Gasteiger partial charge in [0.25, 0.3) is 0 Å². The van der Waals surface area contributed by atoms with Crippen LogP contribution in [0.3, 0.4) is 0 Å². The van der Waals surface area contributed by atoms with Crippen LogP contribution in [0, 0.1) is 0 Å². The summed E-state index contributed by atoms with van der Waals surface area (Å²) in [6.45, 7) is 7.09. The third-order valence-electron chi connectivity index (χ3n) is 4.02. The number of hydrogen-bond donors (Lipinski definition) is 0. The highest BCUT2D eigenvalue weighted by Crippen LogP contribution is 2.24. The van der Waals surface area contributed by atoms with Crippen molar-refractivity contribution in [3.8, 4) is 5.75 Å². The number of amides is 1. The molecule has 1 unspecified atom stereocenters. The van der Waals surface area contributed by atoms with Crippen molar-refractivity contribution in [2.45, 2.75) is 33.3 Å². The maximum atomic E-state index is 12.4. The molecule has 5 nitrogen and oxygen atoms in total. The van der Waals surface area contributed by atoms with Crippen LogP contribution < -0.4 is 4.74 Å². The van der Waals surface area contributed by atoms with E-state index in [0.29, 0.717) is 36.0 Å². The summed E-state index contributed by atoms with van der Waals surface area (Å²) in [7, 11) is 0. The van der Waals surface area contributed by atoms with Gasteiger partial charge in [-0.05, 0) is 38.5 Å². The average Bonchev–Trinajstić information content (AvgIpc) is 2.60. The van der Waals surface area contributed by atoms with Crippen molar-refractivity contribution in [1.82, 2.24) is 4.90 Å². The van der Waals surface area contributed by atoms with Gasteiger partial charge < -0.3 is 14.4 Å². The van der Waals surface area contributed by atoms with Crippen molar-refractivity contribution < 1.29 is 19.1 Å². The molecule has 136 valence electrons. The first-order chi connectivity index (χ1) is 11.9. The Kier molecular flexibility index (Phi) is 7.02. The minimum Gasteiger partial charge on any atom is -0.490 e. The molecule has 0 radical (unpaired) electrons. The van der Waals surface area contributed by atoms with E-state index in [9.17, 15) is 9.59 Å². The zero-order valence-electron chi connectivity index (χ0n) is 14.9. The van der Waals surface area contributed by atoms with Gasteiger partial charge in [-0.1, -0.05) is 24.6 Å². The van der Waals surface area contributed by atoms with Crippen molar-refractivity contribution >= 4 is 23.3 Å². The molecule has 0 aliphatic carbocycles. The molecule has 1 fully saturated rings. The summed E-state index contributed by atoms with van der Waals surface area (Å²) < 4.78 is 11.5. The van der Waals surface area contributed by atoms with Crippen molar-refractivity contribution in [3.05, 3.63) is 40.4 Å². The van der Waals surface area contributed by atoms with Crippen LogP contribution in [-0.4, -0.2) is 49.0 Å². The van der Waals surface area contributed by atoms with Gasteiger partial charge >= 0.3 is 0 Å². The SMILES string of the molecule is CC/C=C(\C)C(=O)N1CCOC(COc2ccc(Cl)cc2C(C)=O)C1. The highest BCUT2D eigenvalue weighted by atomic mass is 35.5. The van der Waals surface area contributed by atoms with Crippen molar-refractivity contribution in [3.63, 3.8) is 0 Å². The van der Waals surface area contributed by atoms with Crippen LogP contribution in [0.4, 0.5) is 0 Å². The van der Waals surface area contributed by atoms with E-state index in [1.807, 2.05) is 19.9 Å². The first kappa shape index (κ1) is 19.5. The first-order valence-electron chi connectivity index (χ1n) is 8.43. The number of halogens is 1. The molecule has 0 spiro atoms. The number of benzene rings is 1. The van der Waals surface area contributed by atoms with E-state index in [1.165, 1.54) is 6.92 Å². The van der Waals surface area contributed by atoms with E-state index >= 15 is 0 Å². The van der Waals surface area contributed by atoms with E-state index in [2.05, 4.69) is 0 Å². The summed E-state index contributed by atoms with van der Waals surface area (Å²) in [5, 5.41) is 0.487. The Labute approximate surface area is 153 Å². The molecule has 1 amide bonds. The van der Waals surface area contributed by atoms with E-state index in [-0.39, 0.29) is 24.4 Å². The summed E-state index contributed by atoms with van der Waals surface area (Å²) >= 11 is 5.94. The van der Waals surface area contributed by atoms with Crippen LogP contribution in [0.15, 0.2) is 29.8 Å². The van der Waals surface area contributed by atoms with Crippen LogP contribution in [0.25, 0.3) is 0 Å². The van der Waals surface area contributed by atoms with Crippen LogP contribution in [0.1, 0.15) is 37.6 Å². The monoisotopic (exact) mass is 365 g/mol. The van der Waals surface area contributed by atoms with Gasteiger partial charge in [0.2, 0.25) is 5.91 Å². The summed E-state index contributed by atoms with van der Waals surface area (Å²) in [4.78, 5) is 25.9. The van der Waals surface area contributed by atoms with Gasteiger partial charge in [-0.3, -0.25) is 9.59 Å². The lowest BCUT2D eigenvalue weighted by atomic mass is 10.1. The second-order valence-electron chi connectivity index (χ2n) is 6.05. The fraction of sp³-hybridized carbons (Fsp3) is 0.474. The van der Waals surface area contributed by atoms with Crippen molar-refractivity contribution in [2.75, 3.05) is 26.3 Å². The highest BCUT2D eigenvalue weighted by molar-refractivity contribution is 6.31. The summed E-state index contributed by atoms with van der Waals surface area (Å²) in [5.41, 5.74) is 1.19. The normalized spacial score (nSPS) is 18.2. The fourth-order valence-corrected chi connectivity index (χ4v) is 2.91. The quantitative estimate of drug-likeness (QED) is 0.572. The molecule has 0 N–H and O–H groups in total. The molecule has 1 aromatic carbocycles. The predicted molar refractivity (Wildman–Crippen MR) is 97.3 cm³/mol. The number of allylic oxidation sites excluding steroid dienone is 1. The molecule has 1 aliphatic heterocycles. The molecule has 1 aliphatic rings. The molecule has 0 saturated carbocycles. The predicted octanol–water partition coefficient (Wildman–Crippen LogP) is 3.51. The Morgan fingerprint density at radius 2 is 2.16 bits per heavy atom. The maximum Gasteiger partial charge on any atom is 0.249 e. The van der Waals surface area contributed by atoms with Crippen LogP contribution >= 0.6 is 11.6 Å². The number of hydrogen-bond acceptors (Lipinski definition) is 4. The van der Waals surface area contributed by atoms with Gasteiger partial charge in [0.05, 0.1) is 18.7 Å². The third-order valence-corrected chi connectivity index (χ3v) is 4.25. The molecule has 6 heteroatoms. The number of Topliss-reactive ketones (excluding diaryl/α,β-unsaturated/α-hetero) is 1. The molecule has 25 heavy (non-hydrogen) atoms. The highest BCUT2D eigenvalue weighted by Gasteiger charge is 2.25. The van der Waals surface area contributed by atoms with Gasteiger partial charge in [-0.15, -0.1) is 0 Å². The lowest BCUT2D eigenvalue weighted by molar-refractivity contribution is -0.135. The molecule has 1 aromatic rings. The summed E-state index contributed by atoms with van der Waals surface area (Å²) in [5.74, 6) is 0.399. The first-order valence-corrected chi connectivity index (χ1v) is 8.81. The summed E-state index contributed by atoms with van der Waals surface area (Å²) in [6, 6.07) is 4.95. The molecule has 0 aromatic heterocycles. The lowest BCUT2D eigenvalue weighted by Gasteiger charge is -2.33. The van der Waals surface area contributed by atoms with E-state index in [0.717, 1.165) is 12.0 Å². The second kappa shape index (κ2) is 9.02. The van der Waals surface area contributed by atoms with E-state index in [4.69, 9.17) is 21.1 Å². The van der Waals surface area contributed by atoms with Crippen LogP contribution in [0.2, 0.25) is 5.02 Å². The Morgan fingerprint density at radius 1 is 1.40 bits per heavy atom. The van der Waals surface area contributed by atoms with Crippen molar-refractivity contribution in [2.24, 2.45) is 0 Å². The van der Waals surface area contributed by atoms with E-state index in [1.54, 1.807) is 23.1 Å². The number of ketones is 1. The number of carbonyl (C=O) groups is 2. The van der Waals surface area contributed by atoms with Gasteiger partial charge in [-0.2, -0.15) is 0 Å². The smallest absolute Gasteiger partial charge is 0.249 e. The molecule has 0 bridgehead atoms. The maximum absolute atomic E-state index is 12.4. The van der Waals surface area contributed by atoms with Gasteiger partial charge in [-0.25, -0.2) is 0 Å². The minimum atomic E-state index is -0.234. The Bertz CT molecular complexity index is 671. The zero-order chi connectivity index (χ0) is 18.4. The molecule has 2 rings (SSSR count). The topological polar surface area (TPSA) is 55.8 Å². The number of rotatable bonds is 6. The molecule has 1 saturated heterocycles. The Balaban J connectivity index is 1.99. The summed E-state index contributed by atoms with van der Waals surface area (Å²) in [6.07, 6.45) is 2.53. The van der Waals surface area contributed by atoms with Gasteiger partial charge in [0, 0.05) is 17.1 Å². The Hall–Kier alpha value is -1.85. The number of carbonyl (C=O) groups excluding carboxylic acids is 2. The molecule has 1 heterocycles. The fourth-order valence-electron chi connectivity index (χ4n) is 2.73. The van der Waals surface area contributed by atoms with Crippen LogP contribution in [-0.2, 0) is 9.53 Å². The minimum absolute atomic E-state index is 0.0334. The average molecular weight is 366 g/mol.